The molecule has 0 fully saturated rings. The molecule has 0 aliphatic heterocycles. The van der Waals surface area contributed by atoms with Gasteiger partial charge in [-0.2, -0.15) is 0 Å². The third kappa shape index (κ3) is 1.68. The van der Waals surface area contributed by atoms with Crippen molar-refractivity contribution in [2.45, 2.75) is 13.8 Å². The Labute approximate surface area is 82.8 Å². The van der Waals surface area contributed by atoms with Gasteiger partial charge in [0.1, 0.15) is 0 Å². The SMILES string of the molecule is CC(=O)Nc1n[n+]2cc(C)sc2s1. The van der Waals surface area contributed by atoms with E-state index in [2.05, 4.69) is 10.4 Å². The van der Waals surface area contributed by atoms with E-state index in [1.165, 1.54) is 23.1 Å². The predicted molar refractivity (Wildman–Crippen MR) is 52.2 cm³/mol. The summed E-state index contributed by atoms with van der Waals surface area (Å²) in [5.41, 5.74) is 0. The van der Waals surface area contributed by atoms with Crippen LogP contribution in [0.2, 0.25) is 0 Å². The molecular weight excluding hydrogens is 206 g/mol. The summed E-state index contributed by atoms with van der Waals surface area (Å²) >= 11 is 3.15. The van der Waals surface area contributed by atoms with Gasteiger partial charge < -0.3 is 0 Å². The molecule has 0 unspecified atom stereocenters. The topological polar surface area (TPSA) is 46.1 Å². The van der Waals surface area contributed by atoms with Gasteiger partial charge in [0.15, 0.2) is 0 Å². The highest BCUT2D eigenvalue weighted by molar-refractivity contribution is 7.37. The number of aryl methyl sites for hydroxylation is 1. The van der Waals surface area contributed by atoms with E-state index in [4.69, 9.17) is 0 Å². The molecule has 0 atom stereocenters. The van der Waals surface area contributed by atoms with Gasteiger partial charge in [-0.3, -0.25) is 10.1 Å². The molecule has 1 N–H and O–H groups in total. The first-order chi connectivity index (χ1) is 6.15. The van der Waals surface area contributed by atoms with Gasteiger partial charge in [-0.25, -0.2) is 0 Å². The zero-order chi connectivity index (χ0) is 9.42. The zero-order valence-corrected chi connectivity index (χ0v) is 8.83. The smallest absolute Gasteiger partial charge is 0.297 e. The Morgan fingerprint density at radius 3 is 3.00 bits per heavy atom. The zero-order valence-electron chi connectivity index (χ0n) is 7.20. The van der Waals surface area contributed by atoms with Gasteiger partial charge in [-0.05, 0) is 22.8 Å². The molecule has 6 heteroatoms. The number of nitrogens with one attached hydrogen (secondary N) is 1. The van der Waals surface area contributed by atoms with Crippen molar-refractivity contribution in [1.82, 2.24) is 5.10 Å². The van der Waals surface area contributed by atoms with Crippen LogP contribution in [-0.2, 0) is 4.79 Å². The number of fused-ring (bicyclic) bond motifs is 1. The summed E-state index contributed by atoms with van der Waals surface area (Å²) in [6, 6.07) is 0. The van der Waals surface area contributed by atoms with Gasteiger partial charge in [-0.1, -0.05) is 11.3 Å². The third-order valence-electron chi connectivity index (χ3n) is 1.40. The highest BCUT2D eigenvalue weighted by Crippen LogP contribution is 2.21. The summed E-state index contributed by atoms with van der Waals surface area (Å²) < 4.78 is 2.87. The number of hydrogen-bond acceptors (Lipinski definition) is 4. The first kappa shape index (κ1) is 8.58. The van der Waals surface area contributed by atoms with E-state index < -0.39 is 0 Å². The van der Waals surface area contributed by atoms with Gasteiger partial charge in [0.05, 0.1) is 4.88 Å². The molecule has 2 aromatic heterocycles. The van der Waals surface area contributed by atoms with E-state index in [9.17, 15) is 4.79 Å². The summed E-state index contributed by atoms with van der Waals surface area (Å²) in [6.07, 6.45) is 1.95. The van der Waals surface area contributed by atoms with E-state index in [1.54, 1.807) is 15.9 Å². The van der Waals surface area contributed by atoms with E-state index in [0.717, 1.165) is 4.14 Å². The number of nitrogens with zero attached hydrogens (tertiary/aromatic N) is 2. The maximum Gasteiger partial charge on any atom is 0.354 e. The van der Waals surface area contributed by atoms with Crippen LogP contribution < -0.4 is 9.83 Å². The fourth-order valence-corrected chi connectivity index (χ4v) is 3.06. The van der Waals surface area contributed by atoms with Crippen molar-refractivity contribution in [3.8, 4) is 0 Å². The molecule has 0 aliphatic rings. The van der Waals surface area contributed by atoms with Crippen LogP contribution in [0.4, 0.5) is 5.13 Å². The number of carbonyl (C=O) groups excluding carboxylic acids is 1. The van der Waals surface area contributed by atoms with Crippen LogP contribution in [0.3, 0.4) is 0 Å². The molecule has 1 amide bonds. The maximum atomic E-state index is 10.7. The van der Waals surface area contributed by atoms with Gasteiger partial charge in [0.25, 0.3) is 5.13 Å². The maximum absolute atomic E-state index is 10.7. The van der Waals surface area contributed by atoms with Crippen LogP contribution in [0.1, 0.15) is 11.8 Å². The molecule has 13 heavy (non-hydrogen) atoms. The molecule has 2 aromatic rings. The van der Waals surface area contributed by atoms with Crippen LogP contribution in [-0.4, -0.2) is 11.0 Å². The quantitative estimate of drug-likeness (QED) is 0.725. The number of anilines is 1. The lowest BCUT2D eigenvalue weighted by molar-refractivity contribution is -0.570. The molecule has 2 heterocycles. The number of carbonyl (C=O) groups is 1. The normalized spacial score (nSPS) is 10.6. The molecule has 0 aliphatic carbocycles. The molecule has 0 bridgehead atoms. The van der Waals surface area contributed by atoms with Crippen LogP contribution in [0.25, 0.3) is 4.14 Å². The molecule has 0 spiro atoms. The van der Waals surface area contributed by atoms with Crippen LogP contribution >= 0.6 is 22.7 Å². The Morgan fingerprint density at radius 2 is 2.38 bits per heavy atom. The number of rotatable bonds is 1. The predicted octanol–water partition coefficient (Wildman–Crippen LogP) is 1.21. The fraction of sp³-hybridized carbons (Fsp3) is 0.286. The Morgan fingerprint density at radius 1 is 1.62 bits per heavy atom. The van der Waals surface area contributed by atoms with Crippen LogP contribution in [0.5, 0.6) is 0 Å². The van der Waals surface area contributed by atoms with E-state index in [1.807, 2.05) is 13.1 Å². The van der Waals surface area contributed by atoms with Crippen LogP contribution in [0, 0.1) is 6.92 Å². The third-order valence-corrected chi connectivity index (χ3v) is 3.43. The largest absolute Gasteiger partial charge is 0.354 e. The molecule has 0 saturated carbocycles. The number of thiazole rings is 1. The van der Waals surface area contributed by atoms with Gasteiger partial charge in [-0.15, -0.1) is 0 Å². The van der Waals surface area contributed by atoms with Gasteiger partial charge >= 0.3 is 4.14 Å². The Bertz CT molecular complexity index is 428. The van der Waals surface area contributed by atoms with E-state index in [0.29, 0.717) is 5.13 Å². The van der Waals surface area contributed by atoms with E-state index >= 15 is 0 Å². The number of amides is 1. The minimum absolute atomic E-state index is 0.0845. The summed E-state index contributed by atoms with van der Waals surface area (Å²) in [7, 11) is 0. The van der Waals surface area contributed by atoms with Crippen molar-refractivity contribution in [3.05, 3.63) is 11.1 Å². The highest BCUT2D eigenvalue weighted by Gasteiger charge is 2.15. The monoisotopic (exact) mass is 214 g/mol. The van der Waals surface area contributed by atoms with Crippen LogP contribution in [0.15, 0.2) is 6.20 Å². The van der Waals surface area contributed by atoms with Crippen molar-refractivity contribution in [3.63, 3.8) is 0 Å². The molecule has 0 radical (unpaired) electrons. The second kappa shape index (κ2) is 3.04. The lowest BCUT2D eigenvalue weighted by Crippen LogP contribution is -2.19. The second-order valence-electron chi connectivity index (χ2n) is 2.64. The Hall–Kier alpha value is -1.01. The fourth-order valence-electron chi connectivity index (χ4n) is 0.975. The molecular formula is C7H8N3OS2+. The summed E-state index contributed by atoms with van der Waals surface area (Å²) in [6.45, 7) is 3.51. The lowest BCUT2D eigenvalue weighted by Gasteiger charge is -1.87. The molecule has 0 saturated heterocycles. The first-order valence-corrected chi connectivity index (χ1v) is 5.35. The highest BCUT2D eigenvalue weighted by atomic mass is 32.2. The minimum Gasteiger partial charge on any atom is -0.297 e. The average molecular weight is 214 g/mol. The first-order valence-electron chi connectivity index (χ1n) is 3.71. The standard InChI is InChI=1S/C7H7N3OS2/c1-4-3-10-7(12-4)13-6(9-10)8-5(2)11/h3H,1-2H3/p+1. The van der Waals surface area contributed by atoms with Gasteiger partial charge in [0.2, 0.25) is 12.1 Å². The minimum atomic E-state index is -0.0845. The Kier molecular flexibility index (Phi) is 2.01. The number of hydrogen-bond donors (Lipinski definition) is 1. The van der Waals surface area contributed by atoms with Crippen molar-refractivity contribution in [1.29, 1.82) is 0 Å². The second-order valence-corrected chi connectivity index (χ2v) is 5.11. The molecule has 2 rings (SSSR count). The van der Waals surface area contributed by atoms with E-state index in [-0.39, 0.29) is 5.91 Å². The lowest BCUT2D eigenvalue weighted by atomic mass is 10.6. The van der Waals surface area contributed by atoms with Crippen molar-refractivity contribution in [2.75, 3.05) is 5.32 Å². The number of aromatic nitrogens is 2. The summed E-state index contributed by atoms with van der Waals surface area (Å²) in [5, 5.41) is 7.49. The summed E-state index contributed by atoms with van der Waals surface area (Å²) in [4.78, 5) is 11.9. The van der Waals surface area contributed by atoms with Crippen molar-refractivity contribution >= 4 is 37.9 Å². The van der Waals surface area contributed by atoms with Crippen molar-refractivity contribution in [2.24, 2.45) is 0 Å². The van der Waals surface area contributed by atoms with Gasteiger partial charge in [0, 0.05) is 12.0 Å². The molecule has 4 nitrogen and oxygen atoms in total. The summed E-state index contributed by atoms with van der Waals surface area (Å²) in [5.74, 6) is -0.0845. The Balaban J connectivity index is 2.39. The molecule has 68 valence electrons. The van der Waals surface area contributed by atoms with Crippen molar-refractivity contribution < 1.29 is 9.31 Å². The average Bonchev–Trinajstić information content (AvgIpc) is 2.41. The molecule has 0 aromatic carbocycles.